The molecule has 4 rings (SSSR count). The van der Waals surface area contributed by atoms with Gasteiger partial charge in [0.2, 0.25) is 0 Å². The van der Waals surface area contributed by atoms with E-state index in [2.05, 4.69) is 65.0 Å². The Morgan fingerprint density at radius 2 is 1.53 bits per heavy atom. The molecule has 0 unspecified atom stereocenters. The summed E-state index contributed by atoms with van der Waals surface area (Å²) in [4.78, 5) is 13.9. The zero-order valence-electron chi connectivity index (χ0n) is 18.2. The minimum Gasteiger partial charge on any atom is -0.306 e. The number of Topliss-reactive ketones (excluding diaryl/α,β-unsaturated/α-hetero) is 1. The summed E-state index contributed by atoms with van der Waals surface area (Å²) < 4.78 is 2.09. The Kier molecular flexibility index (Phi) is 7.45. The van der Waals surface area contributed by atoms with Crippen LogP contribution in [0.25, 0.3) is 11.1 Å². The first kappa shape index (κ1) is 22.4. The molecular weight excluding hydrogens is 434 g/mol. The van der Waals surface area contributed by atoms with Gasteiger partial charge in [-0.2, -0.15) is 0 Å². The number of thioether (sulfide) groups is 2. The molecule has 0 aliphatic carbocycles. The molecular formula is C26H25N3OS2. The number of nitrogens with zero attached hydrogens (tertiary/aromatic N) is 3. The van der Waals surface area contributed by atoms with Gasteiger partial charge in [-0.25, -0.2) is 0 Å². The first-order valence-corrected chi connectivity index (χ1v) is 12.5. The zero-order chi connectivity index (χ0) is 22.3. The highest BCUT2D eigenvalue weighted by molar-refractivity contribution is 7.99. The van der Waals surface area contributed by atoms with Crippen LogP contribution in [0.4, 0.5) is 0 Å². The number of hydrogen-bond acceptors (Lipinski definition) is 5. The van der Waals surface area contributed by atoms with Crippen LogP contribution in [-0.4, -0.2) is 26.3 Å². The van der Waals surface area contributed by atoms with Crippen LogP contribution in [0.5, 0.6) is 0 Å². The average Bonchev–Trinajstić information content (AvgIpc) is 3.24. The van der Waals surface area contributed by atoms with Gasteiger partial charge in [0.1, 0.15) is 5.82 Å². The third-order valence-electron chi connectivity index (χ3n) is 5.14. The molecule has 0 saturated heterocycles. The normalized spacial score (nSPS) is 10.9. The summed E-state index contributed by atoms with van der Waals surface area (Å²) in [5.41, 5.74) is 4.23. The quantitative estimate of drug-likeness (QED) is 0.210. The maximum atomic E-state index is 12.7. The minimum absolute atomic E-state index is 0.0934. The second-order valence-corrected chi connectivity index (χ2v) is 9.39. The van der Waals surface area contributed by atoms with Gasteiger partial charge < -0.3 is 4.57 Å². The van der Waals surface area contributed by atoms with Crippen LogP contribution in [0.3, 0.4) is 0 Å². The second kappa shape index (κ2) is 10.7. The SMILES string of the molecule is CCn1c(CSc2ccc(C)cc2)nnc1SCC(=O)c1ccc(-c2ccccc2)cc1. The van der Waals surface area contributed by atoms with Crippen LogP contribution in [0.2, 0.25) is 0 Å². The molecule has 0 amide bonds. The number of hydrogen-bond donors (Lipinski definition) is 0. The summed E-state index contributed by atoms with van der Waals surface area (Å²) in [6.45, 7) is 4.95. The topological polar surface area (TPSA) is 47.8 Å². The number of ketones is 1. The summed E-state index contributed by atoms with van der Waals surface area (Å²) in [6, 6.07) is 26.5. The molecule has 32 heavy (non-hydrogen) atoms. The predicted octanol–water partition coefficient (Wildman–Crippen LogP) is 6.54. The molecule has 0 bridgehead atoms. The highest BCUT2D eigenvalue weighted by Gasteiger charge is 2.14. The number of aryl methyl sites for hydroxylation is 1. The van der Waals surface area contributed by atoms with Crippen LogP contribution in [0.15, 0.2) is 88.9 Å². The lowest BCUT2D eigenvalue weighted by atomic mass is 10.0. The fourth-order valence-electron chi connectivity index (χ4n) is 3.33. The first-order valence-electron chi connectivity index (χ1n) is 10.6. The second-order valence-electron chi connectivity index (χ2n) is 7.40. The number of carbonyl (C=O) groups is 1. The van der Waals surface area contributed by atoms with E-state index < -0.39 is 0 Å². The molecule has 1 heterocycles. The van der Waals surface area contributed by atoms with E-state index in [1.807, 2.05) is 42.5 Å². The smallest absolute Gasteiger partial charge is 0.191 e. The lowest BCUT2D eigenvalue weighted by Gasteiger charge is -2.08. The van der Waals surface area contributed by atoms with Crippen molar-refractivity contribution >= 4 is 29.3 Å². The van der Waals surface area contributed by atoms with Crippen molar-refractivity contribution in [2.24, 2.45) is 0 Å². The molecule has 0 radical (unpaired) electrons. The monoisotopic (exact) mass is 459 g/mol. The Hall–Kier alpha value is -2.83. The standard InChI is InChI=1S/C26H25N3OS2/c1-3-29-25(18-31-23-15-9-19(2)10-16-23)27-28-26(29)32-17-24(30)22-13-11-21(12-14-22)20-7-5-4-6-8-20/h4-16H,3,17-18H2,1-2H3. The molecule has 1 aromatic heterocycles. The van der Waals surface area contributed by atoms with Gasteiger partial charge >= 0.3 is 0 Å². The third-order valence-corrected chi connectivity index (χ3v) is 7.12. The lowest BCUT2D eigenvalue weighted by Crippen LogP contribution is -2.06. The largest absolute Gasteiger partial charge is 0.306 e. The number of rotatable bonds is 9. The molecule has 0 aliphatic heterocycles. The van der Waals surface area contributed by atoms with E-state index in [9.17, 15) is 4.79 Å². The predicted molar refractivity (Wildman–Crippen MR) is 133 cm³/mol. The van der Waals surface area contributed by atoms with Crippen molar-refractivity contribution in [1.82, 2.24) is 14.8 Å². The van der Waals surface area contributed by atoms with Crippen molar-refractivity contribution in [3.05, 3.63) is 95.8 Å². The molecule has 162 valence electrons. The van der Waals surface area contributed by atoms with Gasteiger partial charge in [0.15, 0.2) is 10.9 Å². The maximum Gasteiger partial charge on any atom is 0.191 e. The van der Waals surface area contributed by atoms with E-state index in [1.165, 1.54) is 22.2 Å². The minimum atomic E-state index is 0.0934. The van der Waals surface area contributed by atoms with Crippen LogP contribution < -0.4 is 0 Å². The Bertz CT molecular complexity index is 1170. The summed E-state index contributed by atoms with van der Waals surface area (Å²) in [6.07, 6.45) is 0. The van der Waals surface area contributed by atoms with Gasteiger partial charge in [-0.3, -0.25) is 4.79 Å². The van der Waals surface area contributed by atoms with E-state index in [0.717, 1.165) is 40.0 Å². The van der Waals surface area contributed by atoms with E-state index in [4.69, 9.17) is 0 Å². The molecule has 4 nitrogen and oxygen atoms in total. The molecule has 6 heteroatoms. The van der Waals surface area contributed by atoms with Gasteiger partial charge in [-0.05, 0) is 37.1 Å². The van der Waals surface area contributed by atoms with Gasteiger partial charge in [0.05, 0.1) is 11.5 Å². The molecule has 0 saturated carbocycles. The van der Waals surface area contributed by atoms with Crippen molar-refractivity contribution in [2.45, 2.75) is 36.2 Å². The van der Waals surface area contributed by atoms with Crippen molar-refractivity contribution in [2.75, 3.05) is 5.75 Å². The number of carbonyl (C=O) groups excluding carboxylic acids is 1. The summed E-state index contributed by atoms with van der Waals surface area (Å²) in [7, 11) is 0. The molecule has 0 spiro atoms. The van der Waals surface area contributed by atoms with E-state index in [1.54, 1.807) is 11.8 Å². The number of aromatic nitrogens is 3. The lowest BCUT2D eigenvalue weighted by molar-refractivity contribution is 0.102. The number of benzene rings is 3. The van der Waals surface area contributed by atoms with Crippen LogP contribution in [0, 0.1) is 6.92 Å². The highest BCUT2D eigenvalue weighted by Crippen LogP contribution is 2.26. The molecule has 0 fully saturated rings. The van der Waals surface area contributed by atoms with E-state index in [-0.39, 0.29) is 5.78 Å². The Morgan fingerprint density at radius 1 is 0.844 bits per heavy atom. The zero-order valence-corrected chi connectivity index (χ0v) is 19.8. The Morgan fingerprint density at radius 3 is 2.22 bits per heavy atom. The summed E-state index contributed by atoms with van der Waals surface area (Å²) in [5.74, 6) is 2.11. The summed E-state index contributed by atoms with van der Waals surface area (Å²) >= 11 is 3.20. The molecule has 3 aromatic carbocycles. The third kappa shape index (κ3) is 5.50. The van der Waals surface area contributed by atoms with Crippen LogP contribution in [0.1, 0.15) is 28.7 Å². The van der Waals surface area contributed by atoms with Gasteiger partial charge in [-0.1, -0.05) is 84.1 Å². The molecule has 0 aliphatic rings. The molecule has 0 N–H and O–H groups in total. The fourth-order valence-corrected chi connectivity index (χ4v) is 5.08. The Balaban J connectivity index is 1.37. The van der Waals surface area contributed by atoms with Gasteiger partial charge in [0.25, 0.3) is 0 Å². The highest BCUT2D eigenvalue weighted by atomic mass is 32.2. The van der Waals surface area contributed by atoms with Gasteiger partial charge in [0, 0.05) is 17.0 Å². The first-order chi connectivity index (χ1) is 15.6. The van der Waals surface area contributed by atoms with E-state index >= 15 is 0 Å². The summed E-state index contributed by atoms with van der Waals surface area (Å²) in [5, 5.41) is 9.51. The molecule has 4 aromatic rings. The van der Waals surface area contributed by atoms with E-state index in [0.29, 0.717) is 5.75 Å². The van der Waals surface area contributed by atoms with Crippen molar-refractivity contribution in [1.29, 1.82) is 0 Å². The fraction of sp³-hybridized carbons (Fsp3) is 0.192. The van der Waals surface area contributed by atoms with Crippen LogP contribution in [-0.2, 0) is 12.3 Å². The average molecular weight is 460 g/mol. The van der Waals surface area contributed by atoms with Crippen LogP contribution >= 0.6 is 23.5 Å². The maximum absolute atomic E-state index is 12.7. The van der Waals surface area contributed by atoms with Crippen molar-refractivity contribution < 1.29 is 4.79 Å². The van der Waals surface area contributed by atoms with Crippen molar-refractivity contribution in [3.8, 4) is 11.1 Å². The van der Waals surface area contributed by atoms with Crippen molar-refractivity contribution in [3.63, 3.8) is 0 Å². The Labute approximate surface area is 197 Å². The van der Waals surface area contributed by atoms with Gasteiger partial charge in [-0.15, -0.1) is 22.0 Å². The molecule has 0 atom stereocenters.